The van der Waals surface area contributed by atoms with Crippen molar-refractivity contribution in [2.24, 2.45) is 11.8 Å². The second-order valence-electron chi connectivity index (χ2n) is 11.8. The molecular formula is C31H39N3O4. The van der Waals surface area contributed by atoms with Crippen molar-refractivity contribution in [3.63, 3.8) is 0 Å². The maximum absolute atomic E-state index is 14.1. The highest BCUT2D eigenvalue weighted by Gasteiger charge is 2.72. The Kier molecular flexibility index (Phi) is 6.89. The fourth-order valence-corrected chi connectivity index (χ4v) is 7.29. The van der Waals surface area contributed by atoms with Crippen LogP contribution in [0.4, 0.5) is 5.69 Å². The summed E-state index contributed by atoms with van der Waals surface area (Å²) >= 11 is 0. The summed E-state index contributed by atoms with van der Waals surface area (Å²) in [5.41, 5.74) is 2.06. The van der Waals surface area contributed by atoms with Gasteiger partial charge >= 0.3 is 0 Å². The zero-order valence-electron chi connectivity index (χ0n) is 22.3. The number of carbonyl (C=O) groups is 3. The minimum absolute atomic E-state index is 0.132. The molecule has 0 aromatic heterocycles. The van der Waals surface area contributed by atoms with E-state index in [9.17, 15) is 14.4 Å². The molecule has 38 heavy (non-hydrogen) atoms. The lowest BCUT2D eigenvalue weighted by atomic mass is 9.74. The molecule has 1 aromatic rings. The van der Waals surface area contributed by atoms with E-state index < -0.39 is 29.6 Å². The van der Waals surface area contributed by atoms with Crippen LogP contribution in [0, 0.1) is 18.8 Å². The average Bonchev–Trinajstić information content (AvgIpc) is 3.57. The highest BCUT2D eigenvalue weighted by molar-refractivity contribution is 6.02. The highest BCUT2D eigenvalue weighted by Crippen LogP contribution is 2.55. The lowest BCUT2D eigenvalue weighted by molar-refractivity contribution is -0.141. The molecule has 7 nitrogen and oxygen atoms in total. The van der Waals surface area contributed by atoms with Crippen molar-refractivity contribution in [1.29, 1.82) is 0 Å². The third-order valence-corrected chi connectivity index (χ3v) is 9.25. The quantitative estimate of drug-likeness (QED) is 0.524. The number of hydrogen-bond acceptors (Lipinski definition) is 4. The molecule has 3 fully saturated rings. The molecule has 5 unspecified atom stereocenters. The van der Waals surface area contributed by atoms with Gasteiger partial charge in [-0.1, -0.05) is 60.8 Å². The van der Waals surface area contributed by atoms with Gasteiger partial charge in [-0.25, -0.2) is 0 Å². The normalized spacial score (nSPS) is 32.3. The van der Waals surface area contributed by atoms with Crippen molar-refractivity contribution >= 4 is 23.4 Å². The summed E-state index contributed by atoms with van der Waals surface area (Å²) in [6, 6.07) is 7.00. The van der Waals surface area contributed by atoms with Crippen LogP contribution >= 0.6 is 0 Å². The largest absolute Gasteiger partial charge is 0.359 e. The number of rotatable bonds is 7. The van der Waals surface area contributed by atoms with E-state index >= 15 is 0 Å². The van der Waals surface area contributed by atoms with Gasteiger partial charge in [0, 0.05) is 18.3 Å². The molecule has 5 atom stereocenters. The van der Waals surface area contributed by atoms with E-state index in [2.05, 4.69) is 16.7 Å². The average molecular weight is 518 g/mol. The van der Waals surface area contributed by atoms with Crippen LogP contribution in [0.3, 0.4) is 0 Å². The predicted molar refractivity (Wildman–Crippen MR) is 145 cm³/mol. The topological polar surface area (TPSA) is 87.7 Å². The monoisotopic (exact) mass is 517 g/mol. The molecule has 202 valence electrons. The maximum Gasteiger partial charge on any atom is 0.246 e. The second kappa shape index (κ2) is 10.3. The number of allylic oxidation sites excluding steroid dienone is 1. The summed E-state index contributed by atoms with van der Waals surface area (Å²) in [7, 11) is 0. The lowest BCUT2D eigenvalue weighted by Crippen LogP contribution is -2.56. The second-order valence-corrected chi connectivity index (χ2v) is 11.8. The van der Waals surface area contributed by atoms with Crippen molar-refractivity contribution in [3.8, 4) is 0 Å². The fraction of sp³-hybridized carbons (Fsp3) is 0.581. The molecule has 3 amide bonds. The van der Waals surface area contributed by atoms with Crippen LogP contribution in [0.2, 0.25) is 0 Å². The first-order valence-electron chi connectivity index (χ1n) is 14.5. The Labute approximate surface area is 225 Å². The van der Waals surface area contributed by atoms with Crippen LogP contribution in [0.5, 0.6) is 0 Å². The van der Waals surface area contributed by atoms with E-state index in [-0.39, 0.29) is 23.8 Å². The Morgan fingerprint density at radius 2 is 1.84 bits per heavy atom. The van der Waals surface area contributed by atoms with E-state index in [0.29, 0.717) is 12.2 Å². The maximum atomic E-state index is 14.1. The number of ether oxygens (including phenoxy) is 1. The number of fused-ring (bicyclic) bond motifs is 1. The first-order chi connectivity index (χ1) is 18.5. The Bertz CT molecular complexity index is 1150. The van der Waals surface area contributed by atoms with Crippen LogP contribution in [0.15, 0.2) is 48.1 Å². The number of nitrogens with zero attached hydrogens (tertiary/aromatic N) is 1. The Morgan fingerprint density at radius 3 is 2.58 bits per heavy atom. The molecule has 2 bridgehead atoms. The summed E-state index contributed by atoms with van der Waals surface area (Å²) in [5.74, 6) is -1.88. The van der Waals surface area contributed by atoms with E-state index in [1.165, 1.54) is 24.8 Å². The molecule has 0 radical (unpaired) electrons. The molecule has 1 spiro atoms. The molecule has 2 aliphatic carbocycles. The van der Waals surface area contributed by atoms with Crippen molar-refractivity contribution in [1.82, 2.24) is 10.2 Å². The minimum Gasteiger partial charge on any atom is -0.359 e. The molecule has 3 heterocycles. The Hall–Kier alpha value is -2.93. The molecule has 1 aromatic carbocycles. The van der Waals surface area contributed by atoms with Crippen LogP contribution in [0.1, 0.15) is 69.8 Å². The minimum atomic E-state index is -1.10. The van der Waals surface area contributed by atoms with Gasteiger partial charge in [0.25, 0.3) is 0 Å². The van der Waals surface area contributed by atoms with Crippen molar-refractivity contribution in [3.05, 3.63) is 53.6 Å². The summed E-state index contributed by atoms with van der Waals surface area (Å²) in [6.45, 7) is 2.47. The van der Waals surface area contributed by atoms with E-state index in [4.69, 9.17) is 4.74 Å². The molecule has 7 heteroatoms. The van der Waals surface area contributed by atoms with Gasteiger partial charge in [0.15, 0.2) is 0 Å². The predicted octanol–water partition coefficient (Wildman–Crippen LogP) is 4.42. The molecule has 1 saturated carbocycles. The van der Waals surface area contributed by atoms with E-state index in [1.807, 2.05) is 43.3 Å². The number of carbonyl (C=O) groups excluding carboxylic acids is 3. The molecule has 2 saturated heterocycles. The van der Waals surface area contributed by atoms with Gasteiger partial charge in [0.1, 0.15) is 11.6 Å². The first kappa shape index (κ1) is 25.4. The number of hydrogen-bond donors (Lipinski definition) is 2. The van der Waals surface area contributed by atoms with Crippen LogP contribution < -0.4 is 10.6 Å². The first-order valence-corrected chi connectivity index (χ1v) is 14.5. The number of anilines is 1. The fourth-order valence-electron chi connectivity index (χ4n) is 7.29. The molecule has 5 aliphatic rings. The van der Waals surface area contributed by atoms with Crippen LogP contribution in [-0.2, 0) is 19.1 Å². The van der Waals surface area contributed by atoms with Gasteiger partial charge in [-0.2, -0.15) is 0 Å². The van der Waals surface area contributed by atoms with Crippen molar-refractivity contribution < 1.29 is 19.1 Å². The van der Waals surface area contributed by atoms with Crippen LogP contribution in [0.25, 0.3) is 0 Å². The van der Waals surface area contributed by atoms with Crippen molar-refractivity contribution in [2.45, 2.75) is 94.9 Å². The third-order valence-electron chi connectivity index (χ3n) is 9.25. The van der Waals surface area contributed by atoms with E-state index in [1.54, 1.807) is 4.90 Å². The summed E-state index contributed by atoms with van der Waals surface area (Å²) < 4.78 is 6.48. The number of likely N-dealkylation sites (tertiary alicyclic amines) is 1. The van der Waals surface area contributed by atoms with Crippen molar-refractivity contribution in [2.75, 3.05) is 11.9 Å². The van der Waals surface area contributed by atoms with Gasteiger partial charge in [0.05, 0.1) is 17.9 Å². The van der Waals surface area contributed by atoms with Gasteiger partial charge in [-0.15, -0.1) is 0 Å². The number of benzene rings is 1. The van der Waals surface area contributed by atoms with Gasteiger partial charge in [-0.05, 0) is 64.0 Å². The van der Waals surface area contributed by atoms with Gasteiger partial charge < -0.3 is 20.3 Å². The molecule has 6 rings (SSSR count). The van der Waals surface area contributed by atoms with Crippen LogP contribution in [-0.4, -0.2) is 53.0 Å². The standard InChI is InChI=1S/C31H39N3O4/c1-20-12-14-23(15-13-20)32-28(35)25-24-16-18-31(38-24)26(25)30(37)34(19-17-21-8-4-2-5-9-21)27(31)29(36)33-22-10-6-3-7-11-22/h8,12-16,18,22,24-27H,2-7,9-11,17,19H2,1H3,(H,32,35)(H,33,36). The molecule has 2 N–H and O–H groups in total. The zero-order chi connectivity index (χ0) is 26.3. The third kappa shape index (κ3) is 4.49. The highest BCUT2D eigenvalue weighted by atomic mass is 16.5. The lowest BCUT2D eigenvalue weighted by Gasteiger charge is -2.34. The SMILES string of the molecule is Cc1ccc(NC(=O)C2C3C=CC4(O3)C2C(=O)N(CCC2=CCCCC2)C4C(=O)NC2CCCCC2)cc1. The number of aryl methyl sites for hydroxylation is 1. The van der Waals surface area contributed by atoms with E-state index in [0.717, 1.165) is 50.5 Å². The Morgan fingerprint density at radius 1 is 1.05 bits per heavy atom. The molecule has 3 aliphatic heterocycles. The summed E-state index contributed by atoms with van der Waals surface area (Å²) in [5, 5.41) is 6.27. The summed E-state index contributed by atoms with van der Waals surface area (Å²) in [4.78, 5) is 43.3. The summed E-state index contributed by atoms with van der Waals surface area (Å²) in [6.07, 6.45) is 16.2. The Balaban J connectivity index is 1.27. The zero-order valence-corrected chi connectivity index (χ0v) is 22.3. The van der Waals surface area contributed by atoms with Gasteiger partial charge in [0.2, 0.25) is 17.7 Å². The number of amides is 3. The number of nitrogens with one attached hydrogen (secondary N) is 2. The molecular weight excluding hydrogens is 478 g/mol. The smallest absolute Gasteiger partial charge is 0.246 e. The van der Waals surface area contributed by atoms with Gasteiger partial charge in [-0.3, -0.25) is 14.4 Å².